The van der Waals surface area contributed by atoms with E-state index in [0.717, 1.165) is 11.5 Å². The van der Waals surface area contributed by atoms with E-state index in [1.54, 1.807) is 6.20 Å². The van der Waals surface area contributed by atoms with E-state index >= 15 is 0 Å². The van der Waals surface area contributed by atoms with Gasteiger partial charge >= 0.3 is 0 Å². The van der Waals surface area contributed by atoms with Crippen LogP contribution in [0.5, 0.6) is 0 Å². The van der Waals surface area contributed by atoms with Crippen LogP contribution in [0.1, 0.15) is 11.5 Å². The maximum Gasteiger partial charge on any atom is -0.0440 e. The van der Waals surface area contributed by atoms with Crippen LogP contribution in [-0.2, 0) is 0 Å². The zero-order valence-electron chi connectivity index (χ0n) is 4.47. The van der Waals surface area contributed by atoms with Crippen LogP contribution in [0.2, 0.25) is 0 Å². The van der Waals surface area contributed by atoms with Crippen molar-refractivity contribution < 1.29 is 0 Å². The van der Waals surface area contributed by atoms with Crippen molar-refractivity contribution in [3.05, 3.63) is 17.7 Å². The van der Waals surface area contributed by atoms with Crippen molar-refractivity contribution in [2.24, 2.45) is 0 Å². The fourth-order valence-corrected chi connectivity index (χ4v) is 0.500. The highest BCUT2D eigenvalue weighted by Gasteiger charge is 1.71. The van der Waals surface area contributed by atoms with Crippen molar-refractivity contribution in [3.63, 3.8) is 0 Å². The molecule has 1 aromatic rings. The molecule has 0 saturated heterocycles. The molecule has 0 amide bonds. The van der Waals surface area contributed by atoms with Crippen LogP contribution in [0.4, 0.5) is 0 Å². The van der Waals surface area contributed by atoms with E-state index in [4.69, 9.17) is 0 Å². The standard InChI is InChI=1S/C5H7N2/c1-4-3-6-5(2)7-4/h3H,1-2H3/q-1. The Morgan fingerprint density at radius 2 is 2.29 bits per heavy atom. The molecule has 2 heteroatoms. The quantitative estimate of drug-likeness (QED) is 0.473. The van der Waals surface area contributed by atoms with Gasteiger partial charge in [0.1, 0.15) is 0 Å². The summed E-state index contributed by atoms with van der Waals surface area (Å²) in [5, 5.41) is 0. The van der Waals surface area contributed by atoms with E-state index in [2.05, 4.69) is 9.97 Å². The third-order valence-electron chi connectivity index (χ3n) is 0.776. The van der Waals surface area contributed by atoms with Crippen molar-refractivity contribution >= 4 is 0 Å². The number of hydrogen-bond acceptors (Lipinski definition) is 1. The monoisotopic (exact) mass is 95.1 g/mol. The summed E-state index contributed by atoms with van der Waals surface area (Å²) in [6.45, 7) is 3.81. The highest BCUT2D eigenvalue weighted by atomic mass is 14.9. The maximum absolute atomic E-state index is 4.00. The highest BCUT2D eigenvalue weighted by Crippen LogP contribution is 1.88. The molecule has 0 fully saturated rings. The second-order valence-corrected chi connectivity index (χ2v) is 1.56. The molecule has 1 aromatic heterocycles. The number of nitrogens with zero attached hydrogens (tertiary/aromatic N) is 2. The minimum atomic E-state index is 0.859. The van der Waals surface area contributed by atoms with Crippen molar-refractivity contribution in [3.8, 4) is 0 Å². The van der Waals surface area contributed by atoms with Gasteiger partial charge in [0, 0.05) is 0 Å². The molecule has 0 bridgehead atoms. The number of imidazole rings is 1. The van der Waals surface area contributed by atoms with Crippen molar-refractivity contribution in [1.29, 1.82) is 0 Å². The fraction of sp³-hybridized carbons (Fsp3) is 0.400. The molecular weight excluding hydrogens is 88.1 g/mol. The van der Waals surface area contributed by atoms with Gasteiger partial charge in [-0.3, -0.25) is 0 Å². The maximum atomic E-state index is 4.00. The van der Waals surface area contributed by atoms with Gasteiger partial charge in [0.15, 0.2) is 0 Å². The molecule has 1 heterocycles. The Hall–Kier alpha value is -0.790. The number of aryl methyl sites for hydroxylation is 2. The minimum Gasteiger partial charge on any atom is -0.447 e. The number of aromatic nitrogens is 2. The van der Waals surface area contributed by atoms with Gasteiger partial charge in [0.2, 0.25) is 0 Å². The average Bonchev–Trinajstić information content (AvgIpc) is 1.87. The van der Waals surface area contributed by atoms with Crippen LogP contribution in [0.3, 0.4) is 0 Å². The summed E-state index contributed by atoms with van der Waals surface area (Å²) in [7, 11) is 0. The smallest absolute Gasteiger partial charge is 0.0440 e. The first kappa shape index (κ1) is 4.37. The Balaban J connectivity index is 3.04. The lowest BCUT2D eigenvalue weighted by atomic mass is 10.6. The van der Waals surface area contributed by atoms with Crippen LogP contribution in [0.15, 0.2) is 6.20 Å². The number of hydrogen-bond donors (Lipinski definition) is 0. The fourth-order valence-electron chi connectivity index (χ4n) is 0.500. The summed E-state index contributed by atoms with van der Waals surface area (Å²) in [5.41, 5.74) is 0.998. The molecule has 0 aliphatic heterocycles. The second-order valence-electron chi connectivity index (χ2n) is 1.56. The molecule has 0 aromatic carbocycles. The highest BCUT2D eigenvalue weighted by molar-refractivity contribution is 4.95. The summed E-state index contributed by atoms with van der Waals surface area (Å²) in [6, 6.07) is 0. The molecule has 0 aliphatic carbocycles. The van der Waals surface area contributed by atoms with Gasteiger partial charge in [-0.25, -0.2) is 0 Å². The van der Waals surface area contributed by atoms with Gasteiger partial charge in [0.25, 0.3) is 0 Å². The summed E-state index contributed by atoms with van der Waals surface area (Å²) >= 11 is 0. The van der Waals surface area contributed by atoms with E-state index in [9.17, 15) is 0 Å². The summed E-state index contributed by atoms with van der Waals surface area (Å²) in [6.07, 6.45) is 1.76. The van der Waals surface area contributed by atoms with Crippen molar-refractivity contribution in [2.45, 2.75) is 13.8 Å². The molecule has 38 valence electrons. The zero-order valence-corrected chi connectivity index (χ0v) is 4.47. The lowest BCUT2D eigenvalue weighted by Crippen LogP contribution is -1.72. The molecule has 0 aliphatic rings. The lowest BCUT2D eigenvalue weighted by molar-refractivity contribution is 1.11. The van der Waals surface area contributed by atoms with Crippen LogP contribution < -0.4 is 4.98 Å². The van der Waals surface area contributed by atoms with E-state index in [1.165, 1.54) is 0 Å². The molecule has 0 N–H and O–H groups in total. The molecule has 0 spiro atoms. The molecule has 2 nitrogen and oxygen atoms in total. The average molecular weight is 95.1 g/mol. The van der Waals surface area contributed by atoms with Gasteiger partial charge in [-0.2, -0.15) is 0 Å². The first-order valence-corrected chi connectivity index (χ1v) is 2.22. The van der Waals surface area contributed by atoms with Crippen molar-refractivity contribution in [1.82, 2.24) is 9.97 Å². The zero-order chi connectivity index (χ0) is 5.28. The minimum absolute atomic E-state index is 0.859. The SMILES string of the molecule is Cc1c[n-]c(C)n1. The largest absolute Gasteiger partial charge is 0.447 e. The predicted molar refractivity (Wildman–Crippen MR) is 27.0 cm³/mol. The van der Waals surface area contributed by atoms with E-state index in [0.29, 0.717) is 0 Å². The van der Waals surface area contributed by atoms with Crippen LogP contribution in [-0.4, -0.2) is 4.98 Å². The van der Waals surface area contributed by atoms with Gasteiger partial charge in [-0.05, 0) is 13.8 Å². The van der Waals surface area contributed by atoms with Crippen LogP contribution in [0.25, 0.3) is 0 Å². The van der Waals surface area contributed by atoms with Gasteiger partial charge < -0.3 is 9.97 Å². The van der Waals surface area contributed by atoms with E-state index in [1.807, 2.05) is 13.8 Å². The lowest BCUT2D eigenvalue weighted by Gasteiger charge is -1.86. The summed E-state index contributed by atoms with van der Waals surface area (Å²) in [4.78, 5) is 7.91. The van der Waals surface area contributed by atoms with Crippen LogP contribution in [0, 0.1) is 13.8 Å². The summed E-state index contributed by atoms with van der Waals surface area (Å²) in [5.74, 6) is 0.859. The molecule has 0 unspecified atom stereocenters. The second kappa shape index (κ2) is 1.37. The molecule has 0 atom stereocenters. The van der Waals surface area contributed by atoms with E-state index in [-0.39, 0.29) is 0 Å². The third kappa shape index (κ3) is 0.796. The number of rotatable bonds is 0. The van der Waals surface area contributed by atoms with Crippen molar-refractivity contribution in [2.75, 3.05) is 0 Å². The first-order valence-electron chi connectivity index (χ1n) is 2.22. The molecule has 0 saturated carbocycles. The molecular formula is C5H7N2-. The Kier molecular flexibility index (Phi) is 0.855. The topological polar surface area (TPSA) is 27.0 Å². The van der Waals surface area contributed by atoms with Gasteiger partial charge in [-0.15, -0.1) is 0 Å². The molecule has 0 radical (unpaired) electrons. The van der Waals surface area contributed by atoms with Gasteiger partial charge in [0.05, 0.1) is 0 Å². The Bertz CT molecular complexity index is 138. The van der Waals surface area contributed by atoms with Gasteiger partial charge in [-0.1, -0.05) is 17.7 Å². The normalized spacial score (nSPS) is 9.43. The predicted octanol–water partition coefficient (Wildman–Crippen LogP) is 0.656. The Morgan fingerprint density at radius 1 is 1.57 bits per heavy atom. The third-order valence-corrected chi connectivity index (χ3v) is 0.776. The first-order chi connectivity index (χ1) is 3.29. The molecule has 7 heavy (non-hydrogen) atoms. The van der Waals surface area contributed by atoms with Crippen LogP contribution >= 0.6 is 0 Å². The molecule has 1 rings (SSSR count). The Morgan fingerprint density at radius 3 is 2.43 bits per heavy atom. The van der Waals surface area contributed by atoms with E-state index < -0.39 is 0 Å². The Labute approximate surface area is 42.6 Å². The summed E-state index contributed by atoms with van der Waals surface area (Å²) < 4.78 is 0.